The van der Waals surface area contributed by atoms with E-state index < -0.39 is 11.9 Å². The van der Waals surface area contributed by atoms with Gasteiger partial charge in [0.2, 0.25) is 0 Å². The van der Waals surface area contributed by atoms with Crippen LogP contribution >= 0.6 is 23.2 Å². The Morgan fingerprint density at radius 2 is 1.74 bits per heavy atom. The molecule has 0 spiro atoms. The fraction of sp³-hybridized carbons (Fsp3) is 0.120. The second-order valence-corrected chi connectivity index (χ2v) is 8.03. The standard InChI is InChI=1S/C25H20Cl2N4O4/c1-3-35-25(33)18-14-20(31(30-18)19-9-4-5-10-21(19)34-2)15-7-6-8-17(11-15)28-24(32)16-12-22(26)29-23(27)13-16/h4-14H,3H2,1-2H3,(H,28,32). The van der Waals surface area contributed by atoms with Gasteiger partial charge in [-0.1, -0.05) is 47.5 Å². The molecule has 0 aliphatic rings. The molecule has 4 rings (SSSR count). The lowest BCUT2D eigenvalue weighted by Gasteiger charge is -2.12. The number of pyridine rings is 1. The third-order valence-electron chi connectivity index (χ3n) is 4.95. The van der Waals surface area contributed by atoms with Gasteiger partial charge in [0.25, 0.3) is 5.91 Å². The van der Waals surface area contributed by atoms with Crippen LogP contribution < -0.4 is 10.1 Å². The number of carbonyl (C=O) groups excluding carboxylic acids is 2. The van der Waals surface area contributed by atoms with Gasteiger partial charge in [-0.25, -0.2) is 14.5 Å². The lowest BCUT2D eigenvalue weighted by molar-refractivity contribution is 0.0518. The van der Waals surface area contributed by atoms with Gasteiger partial charge >= 0.3 is 5.97 Å². The molecule has 1 amide bonds. The van der Waals surface area contributed by atoms with Crippen molar-refractivity contribution in [3.8, 4) is 22.7 Å². The molecule has 8 nitrogen and oxygen atoms in total. The Labute approximate surface area is 211 Å². The van der Waals surface area contributed by atoms with Crippen molar-refractivity contribution in [3.05, 3.63) is 88.3 Å². The molecule has 178 valence electrons. The van der Waals surface area contributed by atoms with E-state index >= 15 is 0 Å². The Hall–Kier alpha value is -3.88. The summed E-state index contributed by atoms with van der Waals surface area (Å²) in [5, 5.41) is 7.53. The van der Waals surface area contributed by atoms with Crippen LogP contribution in [0.15, 0.2) is 66.7 Å². The largest absolute Gasteiger partial charge is 0.494 e. The number of halogens is 2. The van der Waals surface area contributed by atoms with Gasteiger partial charge in [-0.15, -0.1) is 0 Å². The van der Waals surface area contributed by atoms with E-state index in [-0.39, 0.29) is 28.2 Å². The second-order valence-electron chi connectivity index (χ2n) is 7.26. The van der Waals surface area contributed by atoms with Crippen molar-refractivity contribution >= 4 is 40.8 Å². The normalized spacial score (nSPS) is 10.6. The predicted molar refractivity (Wildman–Crippen MR) is 134 cm³/mol. The van der Waals surface area contributed by atoms with Crippen LogP contribution in [-0.4, -0.2) is 40.4 Å². The van der Waals surface area contributed by atoms with Crippen molar-refractivity contribution < 1.29 is 19.1 Å². The Morgan fingerprint density at radius 1 is 1.00 bits per heavy atom. The first-order valence-corrected chi connectivity index (χ1v) is 11.3. The van der Waals surface area contributed by atoms with Crippen molar-refractivity contribution in [3.63, 3.8) is 0 Å². The summed E-state index contributed by atoms with van der Waals surface area (Å²) in [7, 11) is 1.56. The summed E-state index contributed by atoms with van der Waals surface area (Å²) in [6, 6.07) is 18.9. The molecule has 2 aromatic heterocycles. The van der Waals surface area contributed by atoms with E-state index in [0.29, 0.717) is 28.4 Å². The molecule has 0 aliphatic carbocycles. The third kappa shape index (κ3) is 5.45. The summed E-state index contributed by atoms with van der Waals surface area (Å²) >= 11 is 11.8. The number of para-hydroxylation sites is 2. The summed E-state index contributed by atoms with van der Waals surface area (Å²) in [6.07, 6.45) is 0. The average Bonchev–Trinajstić information content (AvgIpc) is 3.29. The summed E-state index contributed by atoms with van der Waals surface area (Å²) in [5.74, 6) is -0.375. The topological polar surface area (TPSA) is 95.3 Å². The van der Waals surface area contributed by atoms with Gasteiger partial charge in [0, 0.05) is 16.8 Å². The van der Waals surface area contributed by atoms with E-state index in [1.54, 1.807) is 49.0 Å². The summed E-state index contributed by atoms with van der Waals surface area (Å²) in [5.41, 5.74) is 2.86. The number of nitrogens with one attached hydrogen (secondary N) is 1. The zero-order valence-corrected chi connectivity index (χ0v) is 20.3. The number of nitrogens with zero attached hydrogens (tertiary/aromatic N) is 3. The first-order chi connectivity index (χ1) is 16.9. The van der Waals surface area contributed by atoms with E-state index in [1.165, 1.54) is 12.1 Å². The molecule has 0 saturated carbocycles. The summed E-state index contributed by atoms with van der Waals surface area (Å²) in [4.78, 5) is 29.0. The van der Waals surface area contributed by atoms with E-state index in [2.05, 4.69) is 15.4 Å². The number of hydrogen-bond acceptors (Lipinski definition) is 6. The molecule has 1 N–H and O–H groups in total. The first-order valence-electron chi connectivity index (χ1n) is 10.5. The smallest absolute Gasteiger partial charge is 0.358 e. The molecule has 0 atom stereocenters. The van der Waals surface area contributed by atoms with Crippen molar-refractivity contribution in [2.75, 3.05) is 19.0 Å². The number of benzene rings is 2. The van der Waals surface area contributed by atoms with Crippen LogP contribution in [0.5, 0.6) is 5.75 Å². The number of hydrogen-bond donors (Lipinski definition) is 1. The number of amides is 1. The molecule has 2 heterocycles. The molecule has 4 aromatic rings. The van der Waals surface area contributed by atoms with E-state index in [1.807, 2.05) is 24.3 Å². The van der Waals surface area contributed by atoms with Crippen LogP contribution in [0.2, 0.25) is 10.3 Å². The van der Waals surface area contributed by atoms with Crippen molar-refractivity contribution in [1.82, 2.24) is 14.8 Å². The van der Waals surface area contributed by atoms with Crippen LogP contribution in [0.25, 0.3) is 16.9 Å². The number of carbonyl (C=O) groups is 2. The molecule has 0 bridgehead atoms. The van der Waals surface area contributed by atoms with Gasteiger partial charge < -0.3 is 14.8 Å². The molecule has 35 heavy (non-hydrogen) atoms. The molecule has 0 unspecified atom stereocenters. The van der Waals surface area contributed by atoms with Crippen LogP contribution in [0.4, 0.5) is 5.69 Å². The minimum atomic E-state index is -0.543. The molecule has 0 saturated heterocycles. The van der Waals surface area contributed by atoms with Crippen molar-refractivity contribution in [1.29, 1.82) is 0 Å². The average molecular weight is 511 g/mol. The van der Waals surface area contributed by atoms with E-state index in [9.17, 15) is 9.59 Å². The van der Waals surface area contributed by atoms with E-state index in [4.69, 9.17) is 32.7 Å². The van der Waals surface area contributed by atoms with Gasteiger partial charge in [0.05, 0.1) is 19.4 Å². The number of anilines is 1. The highest BCUT2D eigenvalue weighted by Gasteiger charge is 2.20. The molecule has 10 heteroatoms. The zero-order chi connectivity index (χ0) is 24.9. The van der Waals surface area contributed by atoms with Crippen LogP contribution in [-0.2, 0) is 4.74 Å². The Balaban J connectivity index is 1.74. The molecule has 2 aromatic carbocycles. The number of rotatable bonds is 7. The minimum absolute atomic E-state index is 0.114. The monoisotopic (exact) mass is 510 g/mol. The molecule has 0 fully saturated rings. The Morgan fingerprint density at radius 3 is 2.46 bits per heavy atom. The van der Waals surface area contributed by atoms with Crippen LogP contribution in [0, 0.1) is 0 Å². The van der Waals surface area contributed by atoms with Gasteiger partial charge in [-0.05, 0) is 49.4 Å². The summed E-state index contributed by atoms with van der Waals surface area (Å²) in [6.45, 7) is 1.95. The van der Waals surface area contributed by atoms with Crippen LogP contribution in [0.3, 0.4) is 0 Å². The number of esters is 1. The SMILES string of the molecule is CCOC(=O)c1cc(-c2cccc(NC(=O)c3cc(Cl)nc(Cl)c3)c2)n(-c2ccccc2OC)n1. The molecule has 0 aliphatic heterocycles. The minimum Gasteiger partial charge on any atom is -0.494 e. The fourth-order valence-electron chi connectivity index (χ4n) is 3.44. The van der Waals surface area contributed by atoms with Gasteiger partial charge in [0.1, 0.15) is 21.7 Å². The first kappa shape index (κ1) is 24.3. The van der Waals surface area contributed by atoms with Crippen molar-refractivity contribution in [2.45, 2.75) is 6.92 Å². The highest BCUT2D eigenvalue weighted by molar-refractivity contribution is 6.33. The van der Waals surface area contributed by atoms with E-state index in [0.717, 1.165) is 0 Å². The maximum Gasteiger partial charge on any atom is 0.358 e. The molecule has 0 radical (unpaired) electrons. The number of methoxy groups -OCH3 is 1. The second kappa shape index (κ2) is 10.6. The Bertz CT molecular complexity index is 1380. The fourth-order valence-corrected chi connectivity index (χ4v) is 3.90. The maximum atomic E-state index is 12.8. The highest BCUT2D eigenvalue weighted by atomic mass is 35.5. The lowest BCUT2D eigenvalue weighted by atomic mass is 10.1. The lowest BCUT2D eigenvalue weighted by Crippen LogP contribution is -2.12. The number of ether oxygens (including phenoxy) is 2. The van der Waals surface area contributed by atoms with Crippen LogP contribution in [0.1, 0.15) is 27.8 Å². The molecular formula is C25H20Cl2N4O4. The van der Waals surface area contributed by atoms with Gasteiger partial charge in [-0.3, -0.25) is 4.79 Å². The van der Waals surface area contributed by atoms with Crippen molar-refractivity contribution in [2.24, 2.45) is 0 Å². The Kier molecular flexibility index (Phi) is 7.33. The third-order valence-corrected chi connectivity index (χ3v) is 5.34. The predicted octanol–water partition coefficient (Wildman–Crippen LogP) is 5.68. The molecular weight excluding hydrogens is 491 g/mol. The van der Waals surface area contributed by atoms with Gasteiger partial charge in [-0.2, -0.15) is 5.10 Å². The zero-order valence-electron chi connectivity index (χ0n) is 18.8. The highest BCUT2D eigenvalue weighted by Crippen LogP contribution is 2.31. The van der Waals surface area contributed by atoms with Gasteiger partial charge in [0.15, 0.2) is 5.69 Å². The number of aromatic nitrogens is 3. The maximum absolute atomic E-state index is 12.8. The summed E-state index contributed by atoms with van der Waals surface area (Å²) < 4.78 is 12.2. The quantitative estimate of drug-likeness (QED) is 0.254.